The van der Waals surface area contributed by atoms with Crippen molar-refractivity contribution in [2.45, 2.75) is 26.7 Å². The maximum absolute atomic E-state index is 12.4. The van der Waals surface area contributed by atoms with Crippen LogP contribution in [0.5, 0.6) is 0 Å². The van der Waals surface area contributed by atoms with Crippen LogP contribution in [-0.2, 0) is 6.42 Å². The highest BCUT2D eigenvalue weighted by atomic mass is 16.1. The normalized spacial score (nSPS) is 10.9. The minimum Gasteiger partial charge on any atom is -0.351 e. The number of amides is 1. The third-order valence-electron chi connectivity index (χ3n) is 4.21. The molecule has 3 nitrogen and oxygen atoms in total. The standard InChI is InChI=1S/C20H22N2O/c1-14-10-11-18-17(13-14)15(2)19(22-18)20(23)21-12-6-9-16-7-4-3-5-8-16/h3-5,7-8,10-11,13,22H,6,9,12H2,1-2H3,(H,21,23). The van der Waals surface area contributed by atoms with Crippen molar-refractivity contribution in [1.29, 1.82) is 0 Å². The average Bonchev–Trinajstić information content (AvgIpc) is 2.89. The maximum Gasteiger partial charge on any atom is 0.268 e. The summed E-state index contributed by atoms with van der Waals surface area (Å²) in [7, 11) is 0. The molecule has 0 fully saturated rings. The fourth-order valence-electron chi connectivity index (χ4n) is 2.89. The number of hydrogen-bond donors (Lipinski definition) is 2. The first-order valence-electron chi connectivity index (χ1n) is 8.06. The van der Waals surface area contributed by atoms with Gasteiger partial charge in [0.25, 0.3) is 5.91 Å². The third kappa shape index (κ3) is 3.45. The van der Waals surface area contributed by atoms with Crippen LogP contribution in [0.3, 0.4) is 0 Å². The monoisotopic (exact) mass is 306 g/mol. The van der Waals surface area contributed by atoms with Gasteiger partial charge < -0.3 is 10.3 Å². The summed E-state index contributed by atoms with van der Waals surface area (Å²) >= 11 is 0. The Balaban J connectivity index is 1.61. The number of carbonyl (C=O) groups is 1. The van der Waals surface area contributed by atoms with Crippen molar-refractivity contribution in [3.63, 3.8) is 0 Å². The number of carbonyl (C=O) groups excluding carboxylic acids is 1. The number of hydrogen-bond acceptors (Lipinski definition) is 1. The van der Waals surface area contributed by atoms with Crippen molar-refractivity contribution in [3.8, 4) is 0 Å². The van der Waals surface area contributed by atoms with Gasteiger partial charge in [-0.3, -0.25) is 4.79 Å². The van der Waals surface area contributed by atoms with E-state index in [1.54, 1.807) is 0 Å². The zero-order chi connectivity index (χ0) is 16.2. The van der Waals surface area contributed by atoms with E-state index in [4.69, 9.17) is 0 Å². The molecule has 0 aliphatic carbocycles. The second kappa shape index (κ2) is 6.69. The Morgan fingerprint density at radius 2 is 1.87 bits per heavy atom. The molecule has 0 aliphatic rings. The van der Waals surface area contributed by atoms with E-state index >= 15 is 0 Å². The first kappa shape index (κ1) is 15.3. The van der Waals surface area contributed by atoms with E-state index in [9.17, 15) is 4.79 Å². The summed E-state index contributed by atoms with van der Waals surface area (Å²) < 4.78 is 0. The molecule has 3 rings (SSSR count). The van der Waals surface area contributed by atoms with Crippen LogP contribution < -0.4 is 5.32 Å². The molecule has 0 aliphatic heterocycles. The molecular formula is C20H22N2O. The van der Waals surface area contributed by atoms with Gasteiger partial charge in [-0.15, -0.1) is 0 Å². The van der Waals surface area contributed by atoms with Crippen LogP contribution in [0.1, 0.15) is 33.6 Å². The number of benzene rings is 2. The number of aryl methyl sites for hydroxylation is 3. The SMILES string of the molecule is Cc1ccc2[nH]c(C(=O)NCCCc3ccccc3)c(C)c2c1. The highest BCUT2D eigenvalue weighted by molar-refractivity contribution is 6.00. The molecule has 3 heteroatoms. The van der Waals surface area contributed by atoms with Crippen LogP contribution in [0.4, 0.5) is 0 Å². The van der Waals surface area contributed by atoms with Gasteiger partial charge in [0.2, 0.25) is 0 Å². The number of aromatic nitrogens is 1. The Bertz CT molecular complexity index is 818. The minimum atomic E-state index is -0.0237. The van der Waals surface area contributed by atoms with E-state index in [-0.39, 0.29) is 5.91 Å². The lowest BCUT2D eigenvalue weighted by molar-refractivity contribution is 0.0948. The van der Waals surface area contributed by atoms with Crippen molar-refractivity contribution < 1.29 is 4.79 Å². The van der Waals surface area contributed by atoms with Gasteiger partial charge in [0.1, 0.15) is 5.69 Å². The van der Waals surface area contributed by atoms with Crippen LogP contribution in [0.25, 0.3) is 10.9 Å². The first-order valence-corrected chi connectivity index (χ1v) is 8.06. The fraction of sp³-hybridized carbons (Fsp3) is 0.250. The fourth-order valence-corrected chi connectivity index (χ4v) is 2.89. The van der Waals surface area contributed by atoms with Gasteiger partial charge >= 0.3 is 0 Å². The zero-order valence-electron chi connectivity index (χ0n) is 13.6. The summed E-state index contributed by atoms with van der Waals surface area (Å²) in [5.41, 5.74) is 5.21. The van der Waals surface area contributed by atoms with E-state index in [1.807, 2.05) is 31.2 Å². The van der Waals surface area contributed by atoms with Crippen LogP contribution >= 0.6 is 0 Å². The first-order chi connectivity index (χ1) is 11.1. The molecule has 1 amide bonds. The Morgan fingerprint density at radius 1 is 1.09 bits per heavy atom. The quantitative estimate of drug-likeness (QED) is 0.683. The molecule has 23 heavy (non-hydrogen) atoms. The van der Waals surface area contributed by atoms with E-state index in [0.717, 1.165) is 29.3 Å². The summed E-state index contributed by atoms with van der Waals surface area (Å²) in [6.07, 6.45) is 1.92. The van der Waals surface area contributed by atoms with Crippen LogP contribution in [0, 0.1) is 13.8 Å². The molecule has 118 valence electrons. The number of nitrogens with one attached hydrogen (secondary N) is 2. The van der Waals surface area contributed by atoms with Gasteiger partial charge in [-0.2, -0.15) is 0 Å². The predicted octanol–water partition coefficient (Wildman–Crippen LogP) is 4.15. The Morgan fingerprint density at radius 3 is 2.65 bits per heavy atom. The van der Waals surface area contributed by atoms with Crippen LogP contribution in [0.15, 0.2) is 48.5 Å². The minimum absolute atomic E-state index is 0.0237. The van der Waals surface area contributed by atoms with E-state index in [2.05, 4.69) is 41.5 Å². The van der Waals surface area contributed by atoms with Crippen molar-refractivity contribution in [1.82, 2.24) is 10.3 Å². The molecule has 0 bridgehead atoms. The van der Waals surface area contributed by atoms with Crippen molar-refractivity contribution in [2.24, 2.45) is 0 Å². The second-order valence-corrected chi connectivity index (χ2v) is 6.02. The lowest BCUT2D eigenvalue weighted by Crippen LogP contribution is -2.25. The van der Waals surface area contributed by atoms with E-state index in [0.29, 0.717) is 12.2 Å². The summed E-state index contributed by atoms with van der Waals surface area (Å²) in [5.74, 6) is -0.0237. The number of fused-ring (bicyclic) bond motifs is 1. The molecule has 2 N–H and O–H groups in total. The molecule has 1 aromatic heterocycles. The Hall–Kier alpha value is -2.55. The van der Waals surface area contributed by atoms with E-state index < -0.39 is 0 Å². The van der Waals surface area contributed by atoms with Gasteiger partial charge in [0, 0.05) is 17.4 Å². The topological polar surface area (TPSA) is 44.9 Å². The molecule has 2 aromatic carbocycles. The lowest BCUT2D eigenvalue weighted by atomic mass is 10.1. The smallest absolute Gasteiger partial charge is 0.268 e. The van der Waals surface area contributed by atoms with Crippen molar-refractivity contribution in [2.75, 3.05) is 6.54 Å². The number of H-pyrrole nitrogens is 1. The highest BCUT2D eigenvalue weighted by Crippen LogP contribution is 2.22. The largest absolute Gasteiger partial charge is 0.351 e. The molecular weight excluding hydrogens is 284 g/mol. The van der Waals surface area contributed by atoms with Crippen molar-refractivity contribution >= 4 is 16.8 Å². The van der Waals surface area contributed by atoms with Gasteiger partial charge in [-0.05, 0) is 49.9 Å². The lowest BCUT2D eigenvalue weighted by Gasteiger charge is -2.05. The molecule has 0 atom stereocenters. The van der Waals surface area contributed by atoms with Crippen LogP contribution in [0.2, 0.25) is 0 Å². The maximum atomic E-state index is 12.4. The van der Waals surface area contributed by atoms with Gasteiger partial charge in [0.05, 0.1) is 0 Å². The Kier molecular flexibility index (Phi) is 4.47. The summed E-state index contributed by atoms with van der Waals surface area (Å²) in [6.45, 7) is 4.74. The van der Waals surface area contributed by atoms with E-state index in [1.165, 1.54) is 11.1 Å². The zero-order valence-corrected chi connectivity index (χ0v) is 13.6. The molecule has 0 unspecified atom stereocenters. The second-order valence-electron chi connectivity index (χ2n) is 6.02. The summed E-state index contributed by atoms with van der Waals surface area (Å²) in [6, 6.07) is 16.5. The molecule has 0 saturated carbocycles. The summed E-state index contributed by atoms with van der Waals surface area (Å²) in [5, 5.41) is 4.14. The number of aromatic amines is 1. The van der Waals surface area contributed by atoms with Crippen molar-refractivity contribution in [3.05, 3.63) is 70.9 Å². The van der Waals surface area contributed by atoms with Gasteiger partial charge in [-0.25, -0.2) is 0 Å². The van der Waals surface area contributed by atoms with Crippen LogP contribution in [-0.4, -0.2) is 17.4 Å². The number of rotatable bonds is 5. The van der Waals surface area contributed by atoms with Gasteiger partial charge in [0.15, 0.2) is 0 Å². The molecule has 1 heterocycles. The molecule has 3 aromatic rings. The molecule has 0 spiro atoms. The average molecular weight is 306 g/mol. The predicted molar refractivity (Wildman–Crippen MR) is 94.9 cm³/mol. The summed E-state index contributed by atoms with van der Waals surface area (Å²) in [4.78, 5) is 15.6. The molecule has 0 radical (unpaired) electrons. The molecule has 0 saturated heterocycles. The Labute approximate surface area is 136 Å². The highest BCUT2D eigenvalue weighted by Gasteiger charge is 2.14. The van der Waals surface area contributed by atoms with Gasteiger partial charge in [-0.1, -0.05) is 42.0 Å². The third-order valence-corrected chi connectivity index (χ3v) is 4.21.